The Hall–Kier alpha value is -1.52. The SMILES string of the molecule is CCN(Cc1cccs1)c1cccc(OC)c1[C@@H](C)N. The van der Waals surface area contributed by atoms with E-state index >= 15 is 0 Å². The molecule has 0 amide bonds. The first-order valence-corrected chi connectivity index (χ1v) is 7.75. The molecule has 1 aromatic carbocycles. The molecule has 1 atom stereocenters. The highest BCUT2D eigenvalue weighted by Gasteiger charge is 2.17. The fraction of sp³-hybridized carbons (Fsp3) is 0.375. The van der Waals surface area contributed by atoms with Crippen molar-refractivity contribution in [2.75, 3.05) is 18.6 Å². The van der Waals surface area contributed by atoms with Crippen LogP contribution < -0.4 is 15.4 Å². The van der Waals surface area contributed by atoms with E-state index in [1.54, 1.807) is 18.4 Å². The molecule has 0 unspecified atom stereocenters. The molecular weight excluding hydrogens is 268 g/mol. The van der Waals surface area contributed by atoms with E-state index < -0.39 is 0 Å². The summed E-state index contributed by atoms with van der Waals surface area (Å²) < 4.78 is 5.47. The van der Waals surface area contributed by atoms with Crippen LogP contribution in [-0.4, -0.2) is 13.7 Å². The van der Waals surface area contributed by atoms with Crippen molar-refractivity contribution in [1.82, 2.24) is 0 Å². The first-order chi connectivity index (χ1) is 9.67. The summed E-state index contributed by atoms with van der Waals surface area (Å²) >= 11 is 1.78. The molecule has 3 nitrogen and oxygen atoms in total. The molecule has 0 saturated heterocycles. The Labute approximate surface area is 125 Å². The van der Waals surface area contributed by atoms with Crippen molar-refractivity contribution < 1.29 is 4.74 Å². The first-order valence-electron chi connectivity index (χ1n) is 6.87. The van der Waals surface area contributed by atoms with E-state index in [4.69, 9.17) is 10.5 Å². The number of nitrogens with two attached hydrogens (primary N) is 1. The van der Waals surface area contributed by atoms with Crippen molar-refractivity contribution in [3.05, 3.63) is 46.2 Å². The minimum absolute atomic E-state index is 0.0569. The maximum Gasteiger partial charge on any atom is 0.125 e. The van der Waals surface area contributed by atoms with E-state index in [1.165, 1.54) is 4.88 Å². The van der Waals surface area contributed by atoms with E-state index in [9.17, 15) is 0 Å². The van der Waals surface area contributed by atoms with Gasteiger partial charge >= 0.3 is 0 Å². The first kappa shape index (κ1) is 14.9. The highest BCUT2D eigenvalue weighted by atomic mass is 32.1. The molecule has 0 aliphatic heterocycles. The molecule has 0 saturated carbocycles. The topological polar surface area (TPSA) is 38.5 Å². The van der Waals surface area contributed by atoms with Crippen LogP contribution >= 0.6 is 11.3 Å². The smallest absolute Gasteiger partial charge is 0.125 e. The Morgan fingerprint density at radius 3 is 2.65 bits per heavy atom. The molecule has 108 valence electrons. The fourth-order valence-corrected chi connectivity index (χ4v) is 3.12. The lowest BCUT2D eigenvalue weighted by Crippen LogP contribution is -2.24. The van der Waals surface area contributed by atoms with Crippen molar-refractivity contribution in [3.8, 4) is 5.75 Å². The Bertz CT molecular complexity index is 537. The number of methoxy groups -OCH3 is 1. The van der Waals surface area contributed by atoms with Gasteiger partial charge in [0.1, 0.15) is 5.75 Å². The highest BCUT2D eigenvalue weighted by molar-refractivity contribution is 7.09. The van der Waals surface area contributed by atoms with Gasteiger partial charge in [-0.05, 0) is 37.4 Å². The molecule has 2 rings (SSSR count). The number of thiophene rings is 1. The third-order valence-corrected chi connectivity index (χ3v) is 4.23. The van der Waals surface area contributed by atoms with Crippen molar-refractivity contribution in [3.63, 3.8) is 0 Å². The molecule has 0 bridgehead atoms. The quantitative estimate of drug-likeness (QED) is 0.879. The third-order valence-electron chi connectivity index (χ3n) is 3.37. The van der Waals surface area contributed by atoms with E-state index in [0.717, 1.165) is 30.1 Å². The number of nitrogens with zero attached hydrogens (tertiary/aromatic N) is 1. The lowest BCUT2D eigenvalue weighted by atomic mass is 10.0. The molecule has 0 fully saturated rings. The Kier molecular flexibility index (Phi) is 5.04. The fourth-order valence-electron chi connectivity index (χ4n) is 2.40. The van der Waals surface area contributed by atoms with E-state index in [-0.39, 0.29) is 6.04 Å². The largest absolute Gasteiger partial charge is 0.496 e. The molecule has 0 aliphatic carbocycles. The number of rotatable bonds is 6. The number of benzene rings is 1. The van der Waals surface area contributed by atoms with Crippen LogP contribution in [0.2, 0.25) is 0 Å². The average Bonchev–Trinajstić information content (AvgIpc) is 2.96. The number of ether oxygens (including phenoxy) is 1. The van der Waals surface area contributed by atoms with Crippen LogP contribution in [0, 0.1) is 0 Å². The van der Waals surface area contributed by atoms with Gasteiger partial charge in [0.2, 0.25) is 0 Å². The zero-order chi connectivity index (χ0) is 14.5. The van der Waals surface area contributed by atoms with Gasteiger partial charge in [0.25, 0.3) is 0 Å². The standard InChI is InChI=1S/C16H22N2OS/c1-4-18(11-13-7-6-10-20-13)14-8-5-9-15(19-3)16(14)12(2)17/h5-10,12H,4,11,17H2,1-3H3/t12-/m1/s1. The van der Waals surface area contributed by atoms with Gasteiger partial charge in [-0.2, -0.15) is 0 Å². The second-order valence-electron chi connectivity index (χ2n) is 4.78. The summed E-state index contributed by atoms with van der Waals surface area (Å²) in [5.74, 6) is 0.863. The third kappa shape index (κ3) is 3.14. The molecule has 0 spiro atoms. The lowest BCUT2D eigenvalue weighted by molar-refractivity contribution is 0.407. The molecule has 0 aliphatic rings. The minimum Gasteiger partial charge on any atom is -0.496 e. The van der Waals surface area contributed by atoms with Crippen LogP contribution in [-0.2, 0) is 6.54 Å². The van der Waals surface area contributed by atoms with Crippen molar-refractivity contribution in [2.45, 2.75) is 26.4 Å². The predicted octanol–water partition coefficient (Wildman–Crippen LogP) is 3.80. The van der Waals surface area contributed by atoms with Gasteiger partial charge in [0, 0.05) is 28.7 Å². The molecule has 0 radical (unpaired) electrons. The molecule has 1 aromatic heterocycles. The molecule has 1 heterocycles. The van der Waals surface area contributed by atoms with Crippen molar-refractivity contribution in [1.29, 1.82) is 0 Å². The second-order valence-corrected chi connectivity index (χ2v) is 5.81. The Balaban J connectivity index is 2.38. The Morgan fingerprint density at radius 1 is 1.30 bits per heavy atom. The summed E-state index contributed by atoms with van der Waals surface area (Å²) in [4.78, 5) is 3.69. The minimum atomic E-state index is -0.0569. The average molecular weight is 290 g/mol. The zero-order valence-corrected chi connectivity index (χ0v) is 13.1. The lowest BCUT2D eigenvalue weighted by Gasteiger charge is -2.27. The van der Waals surface area contributed by atoms with Crippen molar-refractivity contribution >= 4 is 17.0 Å². The van der Waals surface area contributed by atoms with Gasteiger partial charge in [0.05, 0.1) is 13.7 Å². The molecule has 4 heteroatoms. The highest BCUT2D eigenvalue weighted by Crippen LogP contribution is 2.34. The number of hydrogen-bond acceptors (Lipinski definition) is 4. The predicted molar refractivity (Wildman–Crippen MR) is 86.6 cm³/mol. The van der Waals surface area contributed by atoms with Gasteiger partial charge in [0.15, 0.2) is 0 Å². The van der Waals surface area contributed by atoms with E-state index in [0.29, 0.717) is 0 Å². The normalized spacial score (nSPS) is 12.2. The molecular formula is C16H22N2OS. The van der Waals surface area contributed by atoms with Crippen LogP contribution in [0.5, 0.6) is 5.75 Å². The van der Waals surface area contributed by atoms with Crippen LogP contribution in [0.25, 0.3) is 0 Å². The zero-order valence-electron chi connectivity index (χ0n) is 12.3. The molecule has 20 heavy (non-hydrogen) atoms. The summed E-state index contributed by atoms with van der Waals surface area (Å²) in [6.45, 7) is 6.00. The number of anilines is 1. The van der Waals surface area contributed by atoms with Crippen molar-refractivity contribution in [2.24, 2.45) is 5.73 Å². The summed E-state index contributed by atoms with van der Waals surface area (Å²) in [6.07, 6.45) is 0. The van der Waals surface area contributed by atoms with Gasteiger partial charge in [-0.1, -0.05) is 12.1 Å². The van der Waals surface area contributed by atoms with Gasteiger partial charge in [-0.15, -0.1) is 11.3 Å². The summed E-state index contributed by atoms with van der Waals surface area (Å²) in [5, 5.41) is 2.11. The van der Waals surface area contributed by atoms with Crippen LogP contribution in [0.1, 0.15) is 30.3 Å². The summed E-state index contributed by atoms with van der Waals surface area (Å²) in [5.41, 5.74) is 8.39. The van der Waals surface area contributed by atoms with Crippen LogP contribution in [0.3, 0.4) is 0 Å². The molecule has 2 N–H and O–H groups in total. The summed E-state index contributed by atoms with van der Waals surface area (Å²) in [6, 6.07) is 10.3. The van der Waals surface area contributed by atoms with Gasteiger partial charge < -0.3 is 15.4 Å². The number of hydrogen-bond donors (Lipinski definition) is 1. The maximum atomic E-state index is 6.15. The monoisotopic (exact) mass is 290 g/mol. The molecule has 2 aromatic rings. The maximum absolute atomic E-state index is 6.15. The van der Waals surface area contributed by atoms with Gasteiger partial charge in [-0.25, -0.2) is 0 Å². The van der Waals surface area contributed by atoms with Gasteiger partial charge in [-0.3, -0.25) is 0 Å². The van der Waals surface area contributed by atoms with E-state index in [1.807, 2.05) is 19.1 Å². The van der Waals surface area contributed by atoms with E-state index in [2.05, 4.69) is 35.4 Å². The van der Waals surface area contributed by atoms with Crippen LogP contribution in [0.4, 0.5) is 5.69 Å². The summed E-state index contributed by atoms with van der Waals surface area (Å²) in [7, 11) is 1.69. The van der Waals surface area contributed by atoms with Crippen LogP contribution in [0.15, 0.2) is 35.7 Å². The second kappa shape index (κ2) is 6.77. The Morgan fingerprint density at radius 2 is 2.10 bits per heavy atom.